The van der Waals surface area contributed by atoms with Crippen molar-refractivity contribution in [2.24, 2.45) is 0 Å². The lowest BCUT2D eigenvalue weighted by Crippen LogP contribution is -2.38. The molecule has 2 unspecified atom stereocenters. The maximum Gasteiger partial charge on any atom is 0.233 e. The van der Waals surface area contributed by atoms with Gasteiger partial charge in [-0.2, -0.15) is 0 Å². The van der Waals surface area contributed by atoms with Gasteiger partial charge in [0.05, 0.1) is 4.83 Å². The molecule has 0 fully saturated rings. The summed E-state index contributed by atoms with van der Waals surface area (Å²) in [4.78, 5) is 13.5. The first-order valence-electron chi connectivity index (χ1n) is 5.06. The molecule has 0 aromatic carbocycles. The molecule has 0 aromatic rings. The Kier molecular flexibility index (Phi) is 7.19. The summed E-state index contributed by atoms with van der Waals surface area (Å²) in [7, 11) is 4.07. The van der Waals surface area contributed by atoms with Crippen molar-refractivity contribution >= 4 is 21.8 Å². The molecule has 0 bridgehead atoms. The molecule has 4 heteroatoms. The Bertz CT molecular complexity index is 174. The summed E-state index contributed by atoms with van der Waals surface area (Å²) in [5.41, 5.74) is 0. The number of nitrogens with zero attached hydrogens (tertiary/aromatic N) is 1. The van der Waals surface area contributed by atoms with Crippen molar-refractivity contribution in [3.8, 4) is 0 Å². The molecule has 0 aromatic heterocycles. The third-order valence-electron chi connectivity index (χ3n) is 2.04. The number of rotatable bonds is 6. The van der Waals surface area contributed by atoms with E-state index in [1.54, 1.807) is 0 Å². The van der Waals surface area contributed by atoms with Crippen molar-refractivity contribution in [3.05, 3.63) is 0 Å². The summed E-state index contributed by atoms with van der Waals surface area (Å²) in [5, 5.41) is 2.97. The predicted molar refractivity (Wildman–Crippen MR) is 63.8 cm³/mol. The van der Waals surface area contributed by atoms with Gasteiger partial charge in [0.15, 0.2) is 0 Å². The first-order chi connectivity index (χ1) is 6.47. The van der Waals surface area contributed by atoms with E-state index < -0.39 is 0 Å². The van der Waals surface area contributed by atoms with Crippen LogP contribution in [0, 0.1) is 0 Å². The average molecular weight is 265 g/mol. The van der Waals surface area contributed by atoms with Gasteiger partial charge in [-0.1, -0.05) is 22.9 Å². The fraction of sp³-hybridized carbons (Fsp3) is 0.900. The molecule has 0 heterocycles. The quantitative estimate of drug-likeness (QED) is 0.740. The highest BCUT2D eigenvalue weighted by Crippen LogP contribution is 2.05. The van der Waals surface area contributed by atoms with Gasteiger partial charge in [-0.25, -0.2) is 0 Å². The van der Waals surface area contributed by atoms with Gasteiger partial charge in [-0.15, -0.1) is 0 Å². The molecule has 84 valence electrons. The molecule has 0 saturated carbocycles. The number of halogens is 1. The lowest BCUT2D eigenvalue weighted by atomic mass is 10.2. The van der Waals surface area contributed by atoms with Crippen LogP contribution in [0.4, 0.5) is 0 Å². The third-order valence-corrected chi connectivity index (χ3v) is 3.10. The number of alkyl halides is 1. The van der Waals surface area contributed by atoms with Gasteiger partial charge >= 0.3 is 0 Å². The minimum atomic E-state index is -0.0516. The highest BCUT2D eigenvalue weighted by molar-refractivity contribution is 9.10. The minimum Gasteiger partial charge on any atom is -0.353 e. The van der Waals surface area contributed by atoms with Gasteiger partial charge in [-0.3, -0.25) is 4.79 Å². The highest BCUT2D eigenvalue weighted by Gasteiger charge is 2.14. The molecule has 1 N–H and O–H groups in total. The topological polar surface area (TPSA) is 32.3 Å². The van der Waals surface area contributed by atoms with Crippen molar-refractivity contribution in [1.82, 2.24) is 10.2 Å². The number of hydrogen-bond acceptors (Lipinski definition) is 2. The first-order valence-corrected chi connectivity index (χ1v) is 5.98. The summed E-state index contributed by atoms with van der Waals surface area (Å²) in [6, 6.07) is 0.247. The first kappa shape index (κ1) is 13.9. The molecule has 14 heavy (non-hydrogen) atoms. The van der Waals surface area contributed by atoms with E-state index in [1.165, 1.54) is 0 Å². The molecule has 0 spiro atoms. The summed E-state index contributed by atoms with van der Waals surface area (Å²) in [6.45, 7) is 5.03. The number of nitrogens with one attached hydrogen (secondary N) is 1. The van der Waals surface area contributed by atoms with Crippen LogP contribution in [0.5, 0.6) is 0 Å². The molecule has 0 aliphatic rings. The zero-order chi connectivity index (χ0) is 11.1. The summed E-state index contributed by atoms with van der Waals surface area (Å²) in [6.07, 6.45) is 1.81. The van der Waals surface area contributed by atoms with Crippen molar-refractivity contribution in [1.29, 1.82) is 0 Å². The molecule has 0 aliphatic carbocycles. The second kappa shape index (κ2) is 7.23. The van der Waals surface area contributed by atoms with E-state index in [9.17, 15) is 4.79 Å². The van der Waals surface area contributed by atoms with Crippen LogP contribution in [0.3, 0.4) is 0 Å². The largest absolute Gasteiger partial charge is 0.353 e. The predicted octanol–water partition coefficient (Wildman–Crippen LogP) is 1.62. The number of carbonyl (C=O) groups excluding carboxylic acids is 1. The number of carbonyl (C=O) groups is 1. The van der Waals surface area contributed by atoms with Gasteiger partial charge in [0.2, 0.25) is 5.91 Å². The Hall–Kier alpha value is -0.0900. The molecule has 3 nitrogen and oxygen atoms in total. The monoisotopic (exact) mass is 264 g/mol. The zero-order valence-electron chi connectivity index (χ0n) is 9.51. The van der Waals surface area contributed by atoms with E-state index in [0.29, 0.717) is 0 Å². The Labute approximate surface area is 95.4 Å². The van der Waals surface area contributed by atoms with Crippen molar-refractivity contribution in [3.63, 3.8) is 0 Å². The van der Waals surface area contributed by atoms with E-state index in [2.05, 4.69) is 26.1 Å². The fourth-order valence-electron chi connectivity index (χ4n) is 1.04. The second-order valence-corrected chi connectivity index (χ2v) is 4.98. The van der Waals surface area contributed by atoms with E-state index in [1.807, 2.05) is 27.9 Å². The van der Waals surface area contributed by atoms with Crippen LogP contribution in [-0.2, 0) is 4.79 Å². The second-order valence-electron chi connectivity index (χ2n) is 3.88. The van der Waals surface area contributed by atoms with Gasteiger partial charge in [0.1, 0.15) is 0 Å². The van der Waals surface area contributed by atoms with Crippen LogP contribution in [0.25, 0.3) is 0 Å². The van der Waals surface area contributed by atoms with Crippen LogP contribution in [0.1, 0.15) is 26.7 Å². The molecular formula is C10H21BrN2O. The molecule has 0 radical (unpaired) electrons. The number of hydrogen-bond donors (Lipinski definition) is 1. The Morgan fingerprint density at radius 2 is 2.07 bits per heavy atom. The lowest BCUT2D eigenvalue weighted by Gasteiger charge is -2.18. The highest BCUT2D eigenvalue weighted by atomic mass is 79.9. The van der Waals surface area contributed by atoms with E-state index in [0.717, 1.165) is 19.4 Å². The van der Waals surface area contributed by atoms with Crippen LogP contribution < -0.4 is 5.32 Å². The summed E-state index contributed by atoms with van der Waals surface area (Å²) < 4.78 is 0. The van der Waals surface area contributed by atoms with Crippen molar-refractivity contribution in [2.45, 2.75) is 37.6 Å². The zero-order valence-corrected chi connectivity index (χ0v) is 11.1. The van der Waals surface area contributed by atoms with Crippen molar-refractivity contribution in [2.75, 3.05) is 20.6 Å². The fourth-order valence-corrected chi connectivity index (χ4v) is 1.17. The Balaban J connectivity index is 3.71. The smallest absolute Gasteiger partial charge is 0.233 e. The van der Waals surface area contributed by atoms with Crippen molar-refractivity contribution < 1.29 is 4.79 Å². The van der Waals surface area contributed by atoms with Crippen LogP contribution >= 0.6 is 15.9 Å². The van der Waals surface area contributed by atoms with E-state index >= 15 is 0 Å². The van der Waals surface area contributed by atoms with Crippen LogP contribution in [0.2, 0.25) is 0 Å². The summed E-state index contributed by atoms with van der Waals surface area (Å²) >= 11 is 3.33. The third kappa shape index (κ3) is 6.38. The number of amides is 1. The molecular weight excluding hydrogens is 244 g/mol. The molecule has 0 rings (SSSR count). The Morgan fingerprint density at radius 3 is 2.50 bits per heavy atom. The Morgan fingerprint density at radius 1 is 1.50 bits per heavy atom. The molecule has 0 saturated heterocycles. The molecule has 1 amide bonds. The maximum absolute atomic E-state index is 11.5. The van der Waals surface area contributed by atoms with Gasteiger partial charge in [0, 0.05) is 6.04 Å². The normalized spacial score (nSPS) is 15.3. The maximum atomic E-state index is 11.5. The standard InChI is InChI=1S/C10H21BrN2O/c1-5-9(11)10(14)12-8(2)6-7-13(3)4/h8-9H,5-7H2,1-4H3,(H,12,14). The van der Waals surface area contributed by atoms with Gasteiger partial charge in [0.25, 0.3) is 0 Å². The minimum absolute atomic E-state index is 0.0516. The lowest BCUT2D eigenvalue weighted by molar-refractivity contribution is -0.121. The SMILES string of the molecule is CCC(Br)C(=O)NC(C)CCN(C)C. The van der Waals surface area contributed by atoms with E-state index in [4.69, 9.17) is 0 Å². The van der Waals surface area contributed by atoms with Crippen LogP contribution in [-0.4, -0.2) is 42.3 Å². The summed E-state index contributed by atoms with van der Waals surface area (Å²) in [5.74, 6) is 0.0961. The van der Waals surface area contributed by atoms with Gasteiger partial charge < -0.3 is 10.2 Å². The van der Waals surface area contributed by atoms with Gasteiger partial charge in [-0.05, 0) is 40.4 Å². The molecule has 0 aliphatic heterocycles. The van der Waals surface area contributed by atoms with E-state index in [-0.39, 0.29) is 16.8 Å². The van der Waals surface area contributed by atoms with Crippen LogP contribution in [0.15, 0.2) is 0 Å². The molecule has 2 atom stereocenters. The average Bonchev–Trinajstić information content (AvgIpc) is 2.13.